The number of sulfonamides is 1. The van der Waals surface area contributed by atoms with E-state index in [1.165, 1.54) is 12.3 Å². The summed E-state index contributed by atoms with van der Waals surface area (Å²) >= 11 is 5.77. The lowest BCUT2D eigenvalue weighted by molar-refractivity contribution is 0.581. The third-order valence-corrected chi connectivity index (χ3v) is 4.32. The van der Waals surface area contributed by atoms with Crippen molar-refractivity contribution in [3.63, 3.8) is 0 Å². The van der Waals surface area contributed by atoms with E-state index in [0.29, 0.717) is 10.8 Å². The molecule has 2 N–H and O–H groups in total. The Labute approximate surface area is 123 Å². The second kappa shape index (κ2) is 6.21. The van der Waals surface area contributed by atoms with Crippen molar-refractivity contribution in [2.24, 2.45) is 0 Å². The molecule has 7 heteroatoms. The van der Waals surface area contributed by atoms with Crippen molar-refractivity contribution in [2.45, 2.75) is 11.4 Å². The molecule has 2 rings (SSSR count). The summed E-state index contributed by atoms with van der Waals surface area (Å²) in [6, 6.07) is 10.1. The summed E-state index contributed by atoms with van der Waals surface area (Å²) in [5.74, 6) is 0.613. The minimum absolute atomic E-state index is 0.130. The van der Waals surface area contributed by atoms with Crippen molar-refractivity contribution in [1.29, 1.82) is 0 Å². The molecule has 1 heterocycles. The Hall–Kier alpha value is -1.63. The van der Waals surface area contributed by atoms with Gasteiger partial charge in [0, 0.05) is 24.8 Å². The van der Waals surface area contributed by atoms with Crippen molar-refractivity contribution in [3.05, 3.63) is 53.2 Å². The van der Waals surface area contributed by atoms with E-state index in [1.807, 2.05) is 0 Å². The fourth-order valence-electron chi connectivity index (χ4n) is 1.55. The smallest absolute Gasteiger partial charge is 0.242 e. The van der Waals surface area contributed by atoms with Crippen molar-refractivity contribution in [3.8, 4) is 0 Å². The van der Waals surface area contributed by atoms with E-state index in [4.69, 9.17) is 11.6 Å². The number of hydrogen-bond acceptors (Lipinski definition) is 4. The highest BCUT2D eigenvalue weighted by Crippen LogP contribution is 2.12. The van der Waals surface area contributed by atoms with Crippen LogP contribution < -0.4 is 10.0 Å². The summed E-state index contributed by atoms with van der Waals surface area (Å²) in [6.07, 6.45) is 1.32. The zero-order valence-corrected chi connectivity index (χ0v) is 12.4. The highest BCUT2D eigenvalue weighted by molar-refractivity contribution is 7.89. The maximum Gasteiger partial charge on any atom is 0.242 e. The summed E-state index contributed by atoms with van der Waals surface area (Å²) in [5.41, 5.74) is 0.831. The molecule has 0 saturated heterocycles. The quantitative estimate of drug-likeness (QED) is 0.888. The Balaban J connectivity index is 2.08. The third kappa shape index (κ3) is 3.69. The molecule has 5 nitrogen and oxygen atoms in total. The van der Waals surface area contributed by atoms with Gasteiger partial charge in [-0.15, -0.1) is 0 Å². The maximum atomic E-state index is 12.1. The van der Waals surface area contributed by atoms with Crippen molar-refractivity contribution < 1.29 is 8.42 Å². The van der Waals surface area contributed by atoms with Gasteiger partial charge in [-0.1, -0.05) is 23.7 Å². The first-order valence-corrected chi connectivity index (χ1v) is 7.75. The first-order chi connectivity index (χ1) is 9.51. The van der Waals surface area contributed by atoms with Gasteiger partial charge in [-0.05, 0) is 29.8 Å². The molecule has 0 radical (unpaired) electrons. The van der Waals surface area contributed by atoms with Gasteiger partial charge < -0.3 is 5.32 Å². The van der Waals surface area contributed by atoms with Gasteiger partial charge in [0.15, 0.2) is 0 Å². The van der Waals surface area contributed by atoms with E-state index >= 15 is 0 Å². The Kier molecular flexibility index (Phi) is 4.59. The molecule has 0 unspecified atom stereocenters. The van der Waals surface area contributed by atoms with Gasteiger partial charge in [-0.3, -0.25) is 0 Å². The number of halogens is 1. The molecule has 1 aromatic carbocycles. The molecule has 0 aliphatic rings. The van der Waals surface area contributed by atoms with E-state index in [0.717, 1.165) is 5.56 Å². The van der Waals surface area contributed by atoms with Crippen molar-refractivity contribution in [2.75, 3.05) is 12.4 Å². The van der Waals surface area contributed by atoms with E-state index in [9.17, 15) is 8.42 Å². The molecule has 0 fully saturated rings. The number of benzene rings is 1. The van der Waals surface area contributed by atoms with E-state index in [1.54, 1.807) is 37.4 Å². The molecule has 0 aliphatic heterocycles. The average Bonchev–Trinajstić information content (AvgIpc) is 2.47. The lowest BCUT2D eigenvalue weighted by Crippen LogP contribution is -2.23. The predicted molar refractivity (Wildman–Crippen MR) is 79.3 cm³/mol. The number of aromatic nitrogens is 1. The Morgan fingerprint density at radius 2 is 1.85 bits per heavy atom. The maximum absolute atomic E-state index is 12.1. The second-order valence-electron chi connectivity index (χ2n) is 4.08. The molecule has 0 atom stereocenters. The fourth-order valence-corrected chi connectivity index (χ4v) is 2.64. The van der Waals surface area contributed by atoms with Crippen LogP contribution in [0.4, 0.5) is 5.82 Å². The van der Waals surface area contributed by atoms with Crippen LogP contribution in [0.5, 0.6) is 0 Å². The molecule has 0 saturated carbocycles. The van der Waals surface area contributed by atoms with Crippen LogP contribution in [-0.4, -0.2) is 20.4 Å². The summed E-state index contributed by atoms with van der Waals surface area (Å²) < 4.78 is 26.7. The highest BCUT2D eigenvalue weighted by Gasteiger charge is 2.13. The van der Waals surface area contributed by atoms with Crippen molar-refractivity contribution >= 4 is 27.4 Å². The Bertz CT molecular complexity index is 670. The van der Waals surface area contributed by atoms with Gasteiger partial charge in [-0.25, -0.2) is 18.1 Å². The molecule has 0 spiro atoms. The van der Waals surface area contributed by atoms with Crippen LogP contribution in [0.25, 0.3) is 0 Å². The molecule has 0 aliphatic carbocycles. The van der Waals surface area contributed by atoms with Gasteiger partial charge >= 0.3 is 0 Å². The number of nitrogens with one attached hydrogen (secondary N) is 2. The number of anilines is 1. The van der Waals surface area contributed by atoms with Crippen LogP contribution in [0.15, 0.2) is 47.5 Å². The zero-order chi connectivity index (χ0) is 14.6. The van der Waals surface area contributed by atoms with Crippen LogP contribution >= 0.6 is 11.6 Å². The zero-order valence-electron chi connectivity index (χ0n) is 10.8. The van der Waals surface area contributed by atoms with Crippen LogP contribution in [0.3, 0.4) is 0 Å². The van der Waals surface area contributed by atoms with E-state index in [-0.39, 0.29) is 11.4 Å². The Morgan fingerprint density at radius 1 is 1.15 bits per heavy atom. The normalized spacial score (nSPS) is 11.3. The molecular weight excluding hydrogens is 298 g/mol. The van der Waals surface area contributed by atoms with Crippen molar-refractivity contribution in [1.82, 2.24) is 9.71 Å². The third-order valence-electron chi connectivity index (χ3n) is 2.68. The topological polar surface area (TPSA) is 71.1 Å². The molecule has 0 bridgehead atoms. The van der Waals surface area contributed by atoms with Crippen LogP contribution in [0.1, 0.15) is 5.56 Å². The SMILES string of the molecule is CNc1ccc(S(=O)(=O)NCc2ccc(Cl)cc2)cn1. The van der Waals surface area contributed by atoms with Gasteiger partial charge in [-0.2, -0.15) is 0 Å². The lowest BCUT2D eigenvalue weighted by Gasteiger charge is -2.07. The number of rotatable bonds is 5. The number of nitrogens with zero attached hydrogens (tertiary/aromatic N) is 1. The van der Waals surface area contributed by atoms with Crippen LogP contribution in [0, 0.1) is 0 Å². The standard InChI is InChI=1S/C13H14ClN3O2S/c1-15-13-7-6-12(9-16-13)20(18,19)17-8-10-2-4-11(14)5-3-10/h2-7,9,17H,8H2,1H3,(H,15,16). The molecule has 2 aromatic rings. The minimum Gasteiger partial charge on any atom is -0.373 e. The molecule has 106 valence electrons. The minimum atomic E-state index is -3.57. The second-order valence-corrected chi connectivity index (χ2v) is 6.28. The molecule has 1 aromatic heterocycles. The summed E-state index contributed by atoms with van der Waals surface area (Å²) in [5, 5.41) is 3.44. The lowest BCUT2D eigenvalue weighted by atomic mass is 10.2. The monoisotopic (exact) mass is 311 g/mol. The average molecular weight is 312 g/mol. The first-order valence-electron chi connectivity index (χ1n) is 5.89. The number of hydrogen-bond donors (Lipinski definition) is 2. The fraction of sp³-hybridized carbons (Fsp3) is 0.154. The van der Waals surface area contributed by atoms with Gasteiger partial charge in [0.25, 0.3) is 0 Å². The first kappa shape index (κ1) is 14.8. The van der Waals surface area contributed by atoms with Gasteiger partial charge in [0.05, 0.1) is 0 Å². The summed E-state index contributed by atoms with van der Waals surface area (Å²) in [7, 11) is -1.85. The van der Waals surface area contributed by atoms with Gasteiger partial charge in [0.1, 0.15) is 10.7 Å². The highest BCUT2D eigenvalue weighted by atomic mass is 35.5. The van der Waals surface area contributed by atoms with E-state index < -0.39 is 10.0 Å². The van der Waals surface area contributed by atoms with E-state index in [2.05, 4.69) is 15.0 Å². The molecule has 20 heavy (non-hydrogen) atoms. The summed E-state index contributed by atoms with van der Waals surface area (Å²) in [4.78, 5) is 4.11. The van der Waals surface area contributed by atoms with Gasteiger partial charge in [0.2, 0.25) is 10.0 Å². The molecular formula is C13H14ClN3O2S. The predicted octanol–water partition coefficient (Wildman–Crippen LogP) is 2.26. The molecule has 0 amide bonds. The largest absolute Gasteiger partial charge is 0.373 e. The van der Waals surface area contributed by atoms with Crippen LogP contribution in [0.2, 0.25) is 5.02 Å². The van der Waals surface area contributed by atoms with Crippen LogP contribution in [-0.2, 0) is 16.6 Å². The Morgan fingerprint density at radius 3 is 2.40 bits per heavy atom. The number of pyridine rings is 1. The summed E-state index contributed by atoms with van der Waals surface area (Å²) in [6.45, 7) is 0.202.